The average Bonchev–Trinajstić information content (AvgIpc) is 3.21. The van der Waals surface area contributed by atoms with Crippen molar-refractivity contribution in [3.8, 4) is 11.1 Å². The molecule has 2 heterocycles. The first-order chi connectivity index (χ1) is 16.8. The van der Waals surface area contributed by atoms with Crippen molar-refractivity contribution in [1.82, 2.24) is 10.3 Å². The van der Waals surface area contributed by atoms with E-state index in [2.05, 4.69) is 23.3 Å². The highest BCUT2D eigenvalue weighted by Crippen LogP contribution is 2.32. The smallest absolute Gasteiger partial charge is 0.414 e. The Balaban J connectivity index is 1.46. The molecule has 35 heavy (non-hydrogen) atoms. The minimum atomic E-state index is -0.546. The minimum absolute atomic E-state index is 0.194. The van der Waals surface area contributed by atoms with Crippen molar-refractivity contribution < 1.29 is 18.7 Å². The van der Waals surface area contributed by atoms with Crippen LogP contribution >= 0.6 is 0 Å². The van der Waals surface area contributed by atoms with E-state index in [1.54, 1.807) is 12.1 Å². The first-order valence-corrected chi connectivity index (χ1v) is 11.8. The molecule has 0 saturated carbocycles. The molecule has 1 fully saturated rings. The fourth-order valence-corrected chi connectivity index (χ4v) is 4.45. The van der Waals surface area contributed by atoms with E-state index in [1.165, 1.54) is 29.0 Å². The number of carbonyl (C=O) groups is 2. The van der Waals surface area contributed by atoms with Crippen LogP contribution in [0.4, 0.5) is 14.9 Å². The van der Waals surface area contributed by atoms with Crippen LogP contribution in [0.15, 0.2) is 54.9 Å². The molecular weight excluding hydrogens is 445 g/mol. The topological polar surface area (TPSA) is 71.5 Å². The monoisotopic (exact) mass is 475 g/mol. The molecule has 6 nitrogen and oxygen atoms in total. The number of carbonyl (C=O) groups excluding carboxylic acids is 2. The van der Waals surface area contributed by atoms with Gasteiger partial charge in [-0.05, 0) is 91.3 Å². The van der Waals surface area contributed by atoms with Crippen LogP contribution in [-0.4, -0.2) is 36.2 Å². The average molecular weight is 476 g/mol. The van der Waals surface area contributed by atoms with Crippen molar-refractivity contribution >= 4 is 17.7 Å². The summed E-state index contributed by atoms with van der Waals surface area (Å²) in [5.74, 6) is -0.589. The fraction of sp³-hybridized carbons (Fsp3) is 0.321. The first-order valence-electron chi connectivity index (χ1n) is 11.8. The predicted octanol–water partition coefficient (Wildman–Crippen LogP) is 5.14. The summed E-state index contributed by atoms with van der Waals surface area (Å²) in [7, 11) is 0. The Kier molecular flexibility index (Phi) is 7.44. The van der Waals surface area contributed by atoms with Crippen molar-refractivity contribution in [2.75, 3.05) is 18.0 Å². The highest BCUT2D eigenvalue weighted by atomic mass is 19.1. The first kappa shape index (κ1) is 24.4. The van der Waals surface area contributed by atoms with E-state index >= 15 is 4.39 Å². The van der Waals surface area contributed by atoms with Gasteiger partial charge in [-0.25, -0.2) is 9.18 Å². The molecule has 0 bridgehead atoms. The lowest BCUT2D eigenvalue weighted by Crippen LogP contribution is -2.33. The number of hydrogen-bond donors (Lipinski definition) is 1. The Bertz CT molecular complexity index is 1230. The van der Waals surface area contributed by atoms with E-state index in [4.69, 9.17) is 4.74 Å². The highest BCUT2D eigenvalue weighted by Gasteiger charge is 2.32. The van der Waals surface area contributed by atoms with Crippen LogP contribution < -0.4 is 10.2 Å². The number of aromatic nitrogens is 1. The Labute approximate surface area is 205 Å². The molecule has 2 aromatic carbocycles. The summed E-state index contributed by atoms with van der Waals surface area (Å²) in [6.45, 7) is 5.95. The van der Waals surface area contributed by atoms with Crippen LogP contribution in [0.3, 0.4) is 0 Å². The summed E-state index contributed by atoms with van der Waals surface area (Å²) < 4.78 is 20.5. The van der Waals surface area contributed by atoms with Gasteiger partial charge < -0.3 is 10.1 Å². The van der Waals surface area contributed by atoms with Gasteiger partial charge in [-0.3, -0.25) is 14.7 Å². The highest BCUT2D eigenvalue weighted by molar-refractivity contribution is 5.90. The van der Waals surface area contributed by atoms with Crippen LogP contribution in [-0.2, 0) is 22.4 Å². The van der Waals surface area contributed by atoms with Crippen LogP contribution in [0.1, 0.15) is 35.6 Å². The van der Waals surface area contributed by atoms with E-state index in [-0.39, 0.29) is 19.0 Å². The zero-order valence-corrected chi connectivity index (χ0v) is 20.3. The number of benzene rings is 2. The third-order valence-electron chi connectivity index (χ3n) is 6.35. The van der Waals surface area contributed by atoms with Crippen LogP contribution in [0.25, 0.3) is 11.1 Å². The van der Waals surface area contributed by atoms with Gasteiger partial charge in [-0.2, -0.15) is 0 Å². The number of aryl methyl sites for hydroxylation is 4. The van der Waals surface area contributed by atoms with Gasteiger partial charge in [0.15, 0.2) is 0 Å². The lowest BCUT2D eigenvalue weighted by atomic mass is 9.92. The van der Waals surface area contributed by atoms with Gasteiger partial charge >= 0.3 is 6.09 Å². The summed E-state index contributed by atoms with van der Waals surface area (Å²) in [6, 6.07) is 13.1. The van der Waals surface area contributed by atoms with Crippen molar-refractivity contribution in [3.63, 3.8) is 0 Å². The molecule has 182 valence electrons. The maximum atomic E-state index is 15.2. The molecule has 0 aliphatic carbocycles. The summed E-state index contributed by atoms with van der Waals surface area (Å²) in [5.41, 5.74) is 6.46. The SMILES string of the molecule is CC(=O)NC[C@H]1CN(c2ccc(-c3cc(C)c(CCCc4ccncc4)cc3C)c(F)c2)C(=O)O1. The van der Waals surface area contributed by atoms with E-state index in [9.17, 15) is 9.59 Å². The van der Waals surface area contributed by atoms with E-state index in [1.807, 2.05) is 37.5 Å². The summed E-state index contributed by atoms with van der Waals surface area (Å²) in [5, 5.41) is 2.64. The number of hydrogen-bond acceptors (Lipinski definition) is 4. The maximum absolute atomic E-state index is 15.2. The van der Waals surface area contributed by atoms with Crippen molar-refractivity contribution in [3.05, 3.63) is 82.9 Å². The maximum Gasteiger partial charge on any atom is 0.414 e. The van der Waals surface area contributed by atoms with Gasteiger partial charge in [0.1, 0.15) is 11.9 Å². The molecule has 7 heteroatoms. The van der Waals surface area contributed by atoms with Gasteiger partial charge in [-0.15, -0.1) is 0 Å². The number of pyridine rings is 1. The quantitative estimate of drug-likeness (QED) is 0.490. The number of nitrogens with zero attached hydrogens (tertiary/aromatic N) is 2. The largest absolute Gasteiger partial charge is 0.442 e. The zero-order valence-electron chi connectivity index (χ0n) is 20.3. The number of ether oxygens (including phenoxy) is 1. The van der Waals surface area contributed by atoms with E-state index in [0.717, 1.165) is 36.0 Å². The molecular formula is C28H30FN3O3. The second-order valence-corrected chi connectivity index (χ2v) is 9.02. The number of cyclic esters (lactones) is 1. The molecule has 1 N–H and O–H groups in total. The van der Waals surface area contributed by atoms with Gasteiger partial charge in [0, 0.05) is 24.9 Å². The molecule has 1 aromatic heterocycles. The van der Waals surface area contributed by atoms with E-state index in [0.29, 0.717) is 11.3 Å². The molecule has 1 saturated heterocycles. The molecule has 2 amide bonds. The van der Waals surface area contributed by atoms with Crippen LogP contribution in [0.5, 0.6) is 0 Å². The summed E-state index contributed by atoms with van der Waals surface area (Å²) >= 11 is 0. The van der Waals surface area contributed by atoms with E-state index < -0.39 is 18.0 Å². The van der Waals surface area contributed by atoms with Gasteiger partial charge in [0.25, 0.3) is 0 Å². The molecule has 1 aliphatic heterocycles. The van der Waals surface area contributed by atoms with Crippen molar-refractivity contribution in [1.29, 1.82) is 0 Å². The molecule has 1 atom stereocenters. The van der Waals surface area contributed by atoms with Gasteiger partial charge in [0.05, 0.1) is 18.8 Å². The number of anilines is 1. The molecule has 1 aliphatic rings. The summed E-state index contributed by atoms with van der Waals surface area (Å²) in [6.07, 6.45) is 5.59. The lowest BCUT2D eigenvalue weighted by Gasteiger charge is -2.16. The normalized spacial score (nSPS) is 15.3. The number of rotatable bonds is 8. The Hall–Kier alpha value is -3.74. The zero-order chi connectivity index (χ0) is 24.9. The third-order valence-corrected chi connectivity index (χ3v) is 6.35. The molecule has 4 rings (SSSR count). The minimum Gasteiger partial charge on any atom is -0.442 e. The molecule has 3 aromatic rings. The Morgan fingerprint density at radius 2 is 1.86 bits per heavy atom. The lowest BCUT2D eigenvalue weighted by molar-refractivity contribution is -0.119. The number of halogens is 1. The molecule has 0 spiro atoms. The van der Waals surface area contributed by atoms with Crippen LogP contribution in [0.2, 0.25) is 0 Å². The van der Waals surface area contributed by atoms with Gasteiger partial charge in [-0.1, -0.05) is 12.1 Å². The summed E-state index contributed by atoms with van der Waals surface area (Å²) in [4.78, 5) is 28.8. The molecule has 0 radical (unpaired) electrons. The van der Waals surface area contributed by atoms with Crippen molar-refractivity contribution in [2.45, 2.75) is 46.1 Å². The molecule has 0 unspecified atom stereocenters. The number of nitrogens with one attached hydrogen (secondary N) is 1. The standard InChI is InChI=1S/C28H30FN3O3/c1-18-14-26(19(2)13-22(18)6-4-5-21-9-11-30-12-10-21)25-8-7-23(15-27(25)29)32-17-24(35-28(32)34)16-31-20(3)33/h7-15,24H,4-6,16-17H2,1-3H3,(H,31,33)/t24-/m0/s1. The fourth-order valence-electron chi connectivity index (χ4n) is 4.45. The number of amides is 2. The Morgan fingerprint density at radius 3 is 2.57 bits per heavy atom. The predicted molar refractivity (Wildman–Crippen MR) is 134 cm³/mol. The van der Waals surface area contributed by atoms with Crippen molar-refractivity contribution in [2.24, 2.45) is 0 Å². The third kappa shape index (κ3) is 5.85. The Morgan fingerprint density at radius 1 is 1.09 bits per heavy atom. The van der Waals surface area contributed by atoms with Gasteiger partial charge in [0.2, 0.25) is 5.91 Å². The van der Waals surface area contributed by atoms with Crippen LogP contribution in [0, 0.1) is 19.7 Å². The second-order valence-electron chi connectivity index (χ2n) is 9.02. The second kappa shape index (κ2) is 10.7.